The second-order valence-corrected chi connectivity index (χ2v) is 4.50. The molecule has 0 aliphatic carbocycles. The molecule has 0 saturated heterocycles. The molecule has 0 aromatic rings. The van der Waals surface area contributed by atoms with Crippen LogP contribution in [0, 0.1) is 12.3 Å². The van der Waals surface area contributed by atoms with Crippen molar-refractivity contribution in [1.29, 1.82) is 0 Å². The largest absolute Gasteiger partial charge is 0.254 e. The minimum atomic E-state index is -0.805. The Morgan fingerprint density at radius 3 is 2.60 bits per heavy atom. The highest BCUT2D eigenvalue weighted by molar-refractivity contribution is 7.89. The average molecular weight is 154 g/mol. The van der Waals surface area contributed by atoms with Gasteiger partial charge in [0.2, 0.25) is 0 Å². The van der Waals surface area contributed by atoms with Crippen LogP contribution in [-0.4, -0.2) is 9.46 Å². The van der Waals surface area contributed by atoms with E-state index in [0.29, 0.717) is 0 Å². The van der Waals surface area contributed by atoms with Crippen LogP contribution in [0.2, 0.25) is 0 Å². The fourth-order valence-corrected chi connectivity index (χ4v) is 2.40. The number of hydrogen-bond donors (Lipinski definition) is 0. The van der Waals surface area contributed by atoms with Crippen molar-refractivity contribution >= 4 is 10.8 Å². The Labute approximate surface area is 64.0 Å². The molecule has 0 bridgehead atoms. The van der Waals surface area contributed by atoms with Crippen LogP contribution in [0.25, 0.3) is 0 Å². The molecule has 2 unspecified atom stereocenters. The molecular weight excluding hydrogens is 144 g/mol. The summed E-state index contributed by atoms with van der Waals surface area (Å²) in [5.74, 6) is 2.56. The summed E-state index contributed by atoms with van der Waals surface area (Å²) in [6.07, 6.45) is 6.02. The Morgan fingerprint density at radius 1 is 1.80 bits per heavy atom. The van der Waals surface area contributed by atoms with Crippen LogP contribution >= 0.6 is 0 Å². The van der Waals surface area contributed by atoms with Crippen LogP contribution in [0.3, 0.4) is 0 Å². The molecule has 2 heteroatoms. The van der Waals surface area contributed by atoms with Crippen LogP contribution < -0.4 is 0 Å². The Morgan fingerprint density at radius 2 is 2.40 bits per heavy atom. The molecular formula is C8H10OS. The lowest BCUT2D eigenvalue weighted by molar-refractivity contribution is 0.680. The predicted molar refractivity (Wildman–Crippen MR) is 43.8 cm³/mol. The van der Waals surface area contributed by atoms with Gasteiger partial charge in [0.1, 0.15) is 0 Å². The standard InChI is InChI=1S/C8H10OS/c1-4-8-5-6(2)10(9)7(8)3/h1,6H,5H2,2-3H3. The fourth-order valence-electron chi connectivity index (χ4n) is 1.09. The average Bonchev–Trinajstić information content (AvgIpc) is 2.17. The molecule has 0 spiro atoms. The summed E-state index contributed by atoms with van der Waals surface area (Å²) in [5.41, 5.74) is 0.936. The molecule has 1 heterocycles. The van der Waals surface area contributed by atoms with E-state index >= 15 is 0 Å². The van der Waals surface area contributed by atoms with Crippen molar-refractivity contribution in [3.63, 3.8) is 0 Å². The quantitative estimate of drug-likeness (QED) is 0.482. The zero-order valence-corrected chi connectivity index (χ0v) is 6.99. The van der Waals surface area contributed by atoms with E-state index in [9.17, 15) is 4.21 Å². The van der Waals surface area contributed by atoms with Gasteiger partial charge in [-0.1, -0.05) is 12.8 Å². The highest BCUT2D eigenvalue weighted by Gasteiger charge is 2.23. The normalized spacial score (nSPS) is 32.5. The van der Waals surface area contributed by atoms with E-state index in [4.69, 9.17) is 6.42 Å². The van der Waals surface area contributed by atoms with Gasteiger partial charge in [-0.25, -0.2) is 0 Å². The molecule has 0 N–H and O–H groups in total. The van der Waals surface area contributed by atoms with Crippen molar-refractivity contribution < 1.29 is 4.21 Å². The molecule has 2 atom stereocenters. The first-order valence-corrected chi connectivity index (χ1v) is 4.45. The molecule has 1 rings (SSSR count). The van der Waals surface area contributed by atoms with Gasteiger partial charge >= 0.3 is 0 Å². The van der Waals surface area contributed by atoms with E-state index in [1.807, 2.05) is 13.8 Å². The summed E-state index contributed by atoms with van der Waals surface area (Å²) in [4.78, 5) is 0.898. The maximum atomic E-state index is 11.2. The third-order valence-corrected chi connectivity index (χ3v) is 3.51. The van der Waals surface area contributed by atoms with Crippen molar-refractivity contribution in [2.24, 2.45) is 0 Å². The molecule has 1 nitrogen and oxygen atoms in total. The SMILES string of the molecule is C#CC1=C(C)S(=O)C(C)C1. The molecule has 10 heavy (non-hydrogen) atoms. The van der Waals surface area contributed by atoms with E-state index in [1.165, 1.54) is 0 Å². The van der Waals surface area contributed by atoms with Gasteiger partial charge in [0.15, 0.2) is 0 Å². The lowest BCUT2D eigenvalue weighted by atomic mass is 10.1. The fraction of sp³-hybridized carbons (Fsp3) is 0.500. The van der Waals surface area contributed by atoms with E-state index in [0.717, 1.165) is 16.9 Å². The van der Waals surface area contributed by atoms with Gasteiger partial charge in [-0.15, -0.1) is 6.42 Å². The highest BCUT2D eigenvalue weighted by Crippen LogP contribution is 2.26. The summed E-state index contributed by atoms with van der Waals surface area (Å²) in [6, 6.07) is 0. The van der Waals surface area contributed by atoms with Gasteiger partial charge in [0.25, 0.3) is 0 Å². The summed E-state index contributed by atoms with van der Waals surface area (Å²) in [7, 11) is -0.805. The Balaban J connectivity index is 2.97. The number of hydrogen-bond acceptors (Lipinski definition) is 1. The smallest absolute Gasteiger partial charge is 0.0526 e. The molecule has 0 fully saturated rings. The minimum absolute atomic E-state index is 0.228. The van der Waals surface area contributed by atoms with Crippen molar-refractivity contribution in [2.75, 3.05) is 0 Å². The lowest BCUT2D eigenvalue weighted by Crippen LogP contribution is -2.02. The highest BCUT2D eigenvalue weighted by atomic mass is 32.2. The van der Waals surface area contributed by atoms with Crippen molar-refractivity contribution in [3.8, 4) is 12.3 Å². The van der Waals surface area contributed by atoms with E-state index in [1.54, 1.807) is 0 Å². The van der Waals surface area contributed by atoms with Gasteiger partial charge in [-0.2, -0.15) is 0 Å². The molecule has 54 valence electrons. The van der Waals surface area contributed by atoms with Crippen LogP contribution in [-0.2, 0) is 10.8 Å². The molecule has 1 aliphatic heterocycles. The van der Waals surface area contributed by atoms with E-state index in [2.05, 4.69) is 5.92 Å². The summed E-state index contributed by atoms with van der Waals surface area (Å²) >= 11 is 0. The van der Waals surface area contributed by atoms with Crippen LogP contribution in [0.4, 0.5) is 0 Å². The van der Waals surface area contributed by atoms with Crippen molar-refractivity contribution in [2.45, 2.75) is 25.5 Å². The molecule has 0 aromatic carbocycles. The lowest BCUT2D eigenvalue weighted by Gasteiger charge is -1.96. The first-order valence-electron chi connectivity index (χ1n) is 3.23. The second kappa shape index (κ2) is 2.59. The van der Waals surface area contributed by atoms with Gasteiger partial charge in [-0.3, -0.25) is 4.21 Å². The third-order valence-electron chi connectivity index (χ3n) is 1.76. The molecule has 0 amide bonds. The van der Waals surface area contributed by atoms with Gasteiger partial charge < -0.3 is 0 Å². The summed E-state index contributed by atoms with van der Waals surface area (Å²) in [5, 5.41) is 0.228. The monoisotopic (exact) mass is 154 g/mol. The number of allylic oxidation sites excluding steroid dienone is 2. The Hall–Kier alpha value is -0.550. The minimum Gasteiger partial charge on any atom is -0.254 e. The number of rotatable bonds is 0. The first-order chi connectivity index (χ1) is 4.66. The van der Waals surface area contributed by atoms with Gasteiger partial charge in [0.05, 0.1) is 10.8 Å². The van der Waals surface area contributed by atoms with Crippen molar-refractivity contribution in [1.82, 2.24) is 0 Å². The molecule has 0 radical (unpaired) electrons. The summed E-state index contributed by atoms with van der Waals surface area (Å²) < 4.78 is 11.2. The summed E-state index contributed by atoms with van der Waals surface area (Å²) in [6.45, 7) is 3.82. The van der Waals surface area contributed by atoms with Gasteiger partial charge in [0, 0.05) is 15.7 Å². The Bertz CT molecular complexity index is 244. The van der Waals surface area contributed by atoms with Crippen molar-refractivity contribution in [3.05, 3.63) is 10.5 Å². The van der Waals surface area contributed by atoms with Crippen LogP contribution in [0.5, 0.6) is 0 Å². The second-order valence-electron chi connectivity index (χ2n) is 2.49. The zero-order valence-electron chi connectivity index (χ0n) is 6.18. The molecule has 0 saturated carbocycles. The predicted octanol–water partition coefficient (Wildman–Crippen LogP) is 1.43. The van der Waals surface area contributed by atoms with Gasteiger partial charge in [-0.05, 0) is 13.3 Å². The molecule has 1 aliphatic rings. The maximum absolute atomic E-state index is 11.2. The van der Waals surface area contributed by atoms with E-state index < -0.39 is 10.8 Å². The Kier molecular flexibility index (Phi) is 1.96. The van der Waals surface area contributed by atoms with Crippen LogP contribution in [0.15, 0.2) is 10.5 Å². The van der Waals surface area contributed by atoms with Crippen LogP contribution in [0.1, 0.15) is 20.3 Å². The topological polar surface area (TPSA) is 17.1 Å². The molecule has 0 aromatic heterocycles. The third kappa shape index (κ3) is 1.02. The first kappa shape index (κ1) is 7.56. The van der Waals surface area contributed by atoms with E-state index in [-0.39, 0.29) is 5.25 Å². The number of terminal acetylenes is 1. The maximum Gasteiger partial charge on any atom is 0.0526 e. The zero-order chi connectivity index (χ0) is 7.72.